The quantitative estimate of drug-likeness (QED) is 0.780. The molecular formula is C19H19N5O2. The van der Waals surface area contributed by atoms with Crippen LogP contribution >= 0.6 is 0 Å². The summed E-state index contributed by atoms with van der Waals surface area (Å²) in [5.74, 6) is 0.281. The van der Waals surface area contributed by atoms with Crippen molar-refractivity contribution in [3.8, 4) is 5.82 Å². The summed E-state index contributed by atoms with van der Waals surface area (Å²) in [4.78, 5) is 27.2. The van der Waals surface area contributed by atoms with E-state index in [1.54, 1.807) is 16.6 Å². The minimum atomic E-state index is -0.527. The maximum atomic E-state index is 12.8. The molecule has 1 aliphatic heterocycles. The summed E-state index contributed by atoms with van der Waals surface area (Å²) < 4.78 is 3.47. The van der Waals surface area contributed by atoms with E-state index in [9.17, 15) is 9.59 Å². The van der Waals surface area contributed by atoms with Crippen LogP contribution < -0.4 is 10.2 Å². The van der Waals surface area contributed by atoms with Crippen LogP contribution in [0.5, 0.6) is 0 Å². The van der Waals surface area contributed by atoms with Crippen molar-refractivity contribution in [3.63, 3.8) is 0 Å². The number of anilines is 1. The van der Waals surface area contributed by atoms with Crippen molar-refractivity contribution >= 4 is 17.5 Å². The van der Waals surface area contributed by atoms with E-state index in [4.69, 9.17) is 0 Å². The lowest BCUT2D eigenvalue weighted by molar-refractivity contribution is -0.118. The topological polar surface area (TPSA) is 72.2 Å². The van der Waals surface area contributed by atoms with Gasteiger partial charge in [0.05, 0.1) is 6.20 Å². The SMILES string of the molecule is Cn1ncc(C(=O)NC2CCN(c3ccccc3)C2=O)c1-n1cccc1. The molecule has 1 N–H and O–H groups in total. The Morgan fingerprint density at radius 2 is 1.88 bits per heavy atom. The predicted molar refractivity (Wildman–Crippen MR) is 97.2 cm³/mol. The third-order valence-corrected chi connectivity index (χ3v) is 4.58. The van der Waals surface area contributed by atoms with Crippen LogP contribution in [0.25, 0.3) is 5.82 Å². The molecule has 4 rings (SSSR count). The summed E-state index contributed by atoms with van der Waals surface area (Å²) >= 11 is 0. The second kappa shape index (κ2) is 6.51. The molecule has 7 heteroatoms. The molecule has 1 fully saturated rings. The van der Waals surface area contributed by atoms with Crippen LogP contribution in [0.4, 0.5) is 5.69 Å². The molecule has 0 bridgehead atoms. The fourth-order valence-corrected chi connectivity index (χ4v) is 3.29. The number of rotatable bonds is 4. The summed E-state index contributed by atoms with van der Waals surface area (Å²) in [7, 11) is 1.78. The van der Waals surface area contributed by atoms with Crippen LogP contribution in [0, 0.1) is 0 Å². The molecule has 26 heavy (non-hydrogen) atoms. The average molecular weight is 349 g/mol. The number of carbonyl (C=O) groups excluding carboxylic acids is 2. The standard InChI is InChI=1S/C19H19N5O2/c1-22-18(23-10-5-6-11-23)15(13-20-22)17(25)21-16-9-12-24(19(16)26)14-7-3-2-4-8-14/h2-8,10-11,13,16H,9,12H2,1H3,(H,21,25). The highest BCUT2D eigenvalue weighted by Gasteiger charge is 2.34. The van der Waals surface area contributed by atoms with Gasteiger partial charge in [-0.3, -0.25) is 14.3 Å². The molecule has 1 atom stereocenters. The Morgan fingerprint density at radius 1 is 1.15 bits per heavy atom. The van der Waals surface area contributed by atoms with Gasteiger partial charge in [-0.1, -0.05) is 18.2 Å². The van der Waals surface area contributed by atoms with Crippen molar-refractivity contribution in [2.45, 2.75) is 12.5 Å². The van der Waals surface area contributed by atoms with Crippen LogP contribution in [0.2, 0.25) is 0 Å². The first-order valence-electron chi connectivity index (χ1n) is 8.48. The molecule has 0 spiro atoms. The van der Waals surface area contributed by atoms with Gasteiger partial charge in [-0.15, -0.1) is 0 Å². The molecule has 0 radical (unpaired) electrons. The molecule has 1 aromatic carbocycles. The number of amides is 2. The van der Waals surface area contributed by atoms with Gasteiger partial charge >= 0.3 is 0 Å². The van der Waals surface area contributed by atoms with Gasteiger partial charge in [-0.25, -0.2) is 0 Å². The highest BCUT2D eigenvalue weighted by molar-refractivity contribution is 6.04. The first-order valence-corrected chi connectivity index (χ1v) is 8.48. The number of carbonyl (C=O) groups is 2. The van der Waals surface area contributed by atoms with Crippen LogP contribution in [0.1, 0.15) is 16.8 Å². The fourth-order valence-electron chi connectivity index (χ4n) is 3.29. The van der Waals surface area contributed by atoms with Crippen LogP contribution in [-0.2, 0) is 11.8 Å². The largest absolute Gasteiger partial charge is 0.340 e. The third-order valence-electron chi connectivity index (χ3n) is 4.58. The van der Waals surface area contributed by atoms with E-state index >= 15 is 0 Å². The smallest absolute Gasteiger partial charge is 0.257 e. The maximum absolute atomic E-state index is 12.8. The number of hydrogen-bond donors (Lipinski definition) is 1. The van der Waals surface area contributed by atoms with Crippen molar-refractivity contribution in [3.05, 3.63) is 66.6 Å². The lowest BCUT2D eigenvalue weighted by Crippen LogP contribution is -2.41. The van der Waals surface area contributed by atoms with E-state index in [1.807, 2.05) is 59.4 Å². The van der Waals surface area contributed by atoms with E-state index < -0.39 is 6.04 Å². The molecule has 3 aromatic rings. The number of aryl methyl sites for hydroxylation is 1. The zero-order valence-corrected chi connectivity index (χ0v) is 14.4. The van der Waals surface area contributed by atoms with Crippen molar-refractivity contribution in [1.29, 1.82) is 0 Å². The third kappa shape index (κ3) is 2.77. The zero-order chi connectivity index (χ0) is 18.1. The number of benzene rings is 1. The summed E-state index contributed by atoms with van der Waals surface area (Å²) in [6, 6.07) is 12.7. The van der Waals surface area contributed by atoms with E-state index in [1.165, 1.54) is 6.20 Å². The van der Waals surface area contributed by atoms with Crippen LogP contribution in [0.15, 0.2) is 61.1 Å². The van der Waals surface area contributed by atoms with Gasteiger partial charge in [0, 0.05) is 31.7 Å². The lowest BCUT2D eigenvalue weighted by Gasteiger charge is -2.17. The summed E-state index contributed by atoms with van der Waals surface area (Å²) in [6.07, 6.45) is 5.81. The number of hydrogen-bond acceptors (Lipinski definition) is 3. The van der Waals surface area contributed by atoms with Gasteiger partial charge in [0.15, 0.2) is 0 Å². The van der Waals surface area contributed by atoms with Crippen LogP contribution in [0.3, 0.4) is 0 Å². The van der Waals surface area contributed by atoms with E-state index in [0.717, 1.165) is 5.69 Å². The van der Waals surface area contributed by atoms with Crippen molar-refractivity contribution in [1.82, 2.24) is 19.7 Å². The van der Waals surface area contributed by atoms with Crippen molar-refractivity contribution in [2.24, 2.45) is 7.05 Å². The van der Waals surface area contributed by atoms with Gasteiger partial charge < -0.3 is 14.8 Å². The van der Waals surface area contributed by atoms with Gasteiger partial charge in [0.25, 0.3) is 5.91 Å². The lowest BCUT2D eigenvalue weighted by atomic mass is 10.2. The molecule has 0 saturated carbocycles. The Morgan fingerprint density at radius 3 is 2.62 bits per heavy atom. The normalized spacial score (nSPS) is 16.9. The van der Waals surface area contributed by atoms with E-state index in [0.29, 0.717) is 24.3 Å². The molecule has 3 heterocycles. The van der Waals surface area contributed by atoms with E-state index in [2.05, 4.69) is 10.4 Å². The Kier molecular flexibility index (Phi) is 4.04. The highest BCUT2D eigenvalue weighted by atomic mass is 16.2. The molecule has 1 unspecified atom stereocenters. The molecule has 2 aromatic heterocycles. The van der Waals surface area contributed by atoms with E-state index in [-0.39, 0.29) is 11.8 Å². The molecule has 2 amide bonds. The Hall–Kier alpha value is -3.35. The van der Waals surface area contributed by atoms with Gasteiger partial charge in [-0.05, 0) is 30.7 Å². The number of para-hydroxylation sites is 1. The van der Waals surface area contributed by atoms with Gasteiger partial charge in [-0.2, -0.15) is 5.10 Å². The van der Waals surface area contributed by atoms with Crippen molar-refractivity contribution < 1.29 is 9.59 Å². The predicted octanol–water partition coefficient (Wildman–Crippen LogP) is 1.75. The molecule has 1 saturated heterocycles. The minimum absolute atomic E-state index is 0.0871. The first kappa shape index (κ1) is 16.1. The fraction of sp³-hybridized carbons (Fsp3) is 0.211. The Balaban J connectivity index is 1.52. The molecular weight excluding hydrogens is 330 g/mol. The highest BCUT2D eigenvalue weighted by Crippen LogP contribution is 2.22. The summed E-state index contributed by atoms with van der Waals surface area (Å²) in [5, 5.41) is 7.05. The monoisotopic (exact) mass is 349 g/mol. The summed E-state index contributed by atoms with van der Waals surface area (Å²) in [6.45, 7) is 0.589. The molecule has 132 valence electrons. The zero-order valence-electron chi connectivity index (χ0n) is 14.4. The number of nitrogens with one attached hydrogen (secondary N) is 1. The second-order valence-electron chi connectivity index (χ2n) is 6.24. The second-order valence-corrected chi connectivity index (χ2v) is 6.24. The molecule has 1 aliphatic rings. The average Bonchev–Trinajstić information content (AvgIpc) is 3.37. The minimum Gasteiger partial charge on any atom is -0.340 e. The Bertz CT molecular complexity index is 930. The number of nitrogens with zero attached hydrogens (tertiary/aromatic N) is 4. The molecule has 7 nitrogen and oxygen atoms in total. The van der Waals surface area contributed by atoms with Crippen LogP contribution in [-0.4, -0.2) is 38.7 Å². The van der Waals surface area contributed by atoms with Gasteiger partial charge in [0.1, 0.15) is 17.4 Å². The molecule has 0 aliphatic carbocycles. The summed E-state index contributed by atoms with van der Waals surface area (Å²) in [5.41, 5.74) is 1.29. The Labute approximate surface area is 150 Å². The number of aromatic nitrogens is 3. The van der Waals surface area contributed by atoms with Crippen molar-refractivity contribution in [2.75, 3.05) is 11.4 Å². The maximum Gasteiger partial charge on any atom is 0.257 e. The van der Waals surface area contributed by atoms with Gasteiger partial charge in [0.2, 0.25) is 5.91 Å². The first-order chi connectivity index (χ1) is 12.6.